The lowest BCUT2D eigenvalue weighted by Crippen LogP contribution is -2.35. The summed E-state index contributed by atoms with van der Waals surface area (Å²) in [5, 5.41) is 24.6. The third-order valence-corrected chi connectivity index (χ3v) is 4.44. The van der Waals surface area contributed by atoms with Gasteiger partial charge in [0.2, 0.25) is 11.0 Å². The number of carbonyl (C=O) groups excluding carboxylic acids is 1. The SMILES string of the molecule is Cc1cc(C)cc(-c2nnc(NC(=O)C3CC(O)CN3)s2)c1.Cl. The van der Waals surface area contributed by atoms with Crippen molar-refractivity contribution in [3.8, 4) is 10.6 Å². The van der Waals surface area contributed by atoms with Crippen LogP contribution in [0.4, 0.5) is 5.13 Å². The van der Waals surface area contributed by atoms with Gasteiger partial charge in [0.05, 0.1) is 12.1 Å². The van der Waals surface area contributed by atoms with Gasteiger partial charge >= 0.3 is 0 Å². The molecule has 1 amide bonds. The normalized spacial score (nSPS) is 20.1. The molecule has 8 heteroatoms. The average Bonchev–Trinajstić information content (AvgIpc) is 3.06. The molecule has 0 aliphatic carbocycles. The van der Waals surface area contributed by atoms with Gasteiger partial charge in [-0.1, -0.05) is 28.5 Å². The van der Waals surface area contributed by atoms with Crippen molar-refractivity contribution in [2.45, 2.75) is 32.4 Å². The third-order valence-electron chi connectivity index (χ3n) is 3.55. The predicted molar refractivity (Wildman–Crippen MR) is 93.1 cm³/mol. The van der Waals surface area contributed by atoms with Crippen LogP contribution in [0, 0.1) is 13.8 Å². The lowest BCUT2D eigenvalue weighted by Gasteiger charge is -2.07. The molecule has 2 heterocycles. The molecule has 1 aromatic carbocycles. The molecule has 0 radical (unpaired) electrons. The number of aliphatic hydroxyl groups excluding tert-OH is 1. The molecular weight excluding hydrogens is 336 g/mol. The first-order chi connectivity index (χ1) is 10.5. The van der Waals surface area contributed by atoms with Gasteiger partial charge < -0.3 is 10.4 Å². The number of nitrogens with zero attached hydrogens (tertiary/aromatic N) is 2. The Labute approximate surface area is 144 Å². The van der Waals surface area contributed by atoms with E-state index in [9.17, 15) is 9.90 Å². The minimum absolute atomic E-state index is 0. The van der Waals surface area contributed by atoms with Crippen molar-refractivity contribution < 1.29 is 9.90 Å². The third kappa shape index (κ3) is 4.26. The smallest absolute Gasteiger partial charge is 0.243 e. The van der Waals surface area contributed by atoms with E-state index >= 15 is 0 Å². The van der Waals surface area contributed by atoms with Crippen LogP contribution in [0.15, 0.2) is 18.2 Å². The number of hydrogen-bond donors (Lipinski definition) is 3. The summed E-state index contributed by atoms with van der Waals surface area (Å²) in [5.74, 6) is -0.181. The number of rotatable bonds is 3. The highest BCUT2D eigenvalue weighted by Gasteiger charge is 2.28. The van der Waals surface area contributed by atoms with Gasteiger partial charge in [-0.05, 0) is 32.4 Å². The molecule has 1 fully saturated rings. The van der Waals surface area contributed by atoms with Crippen molar-refractivity contribution in [3.63, 3.8) is 0 Å². The second-order valence-electron chi connectivity index (χ2n) is 5.63. The monoisotopic (exact) mass is 354 g/mol. The molecule has 23 heavy (non-hydrogen) atoms. The Morgan fingerprint density at radius 1 is 1.30 bits per heavy atom. The lowest BCUT2D eigenvalue weighted by molar-refractivity contribution is -0.117. The van der Waals surface area contributed by atoms with E-state index in [0.717, 1.165) is 10.6 Å². The van der Waals surface area contributed by atoms with E-state index in [1.807, 2.05) is 26.0 Å². The second kappa shape index (κ2) is 7.35. The van der Waals surface area contributed by atoms with Crippen molar-refractivity contribution in [1.29, 1.82) is 0 Å². The van der Waals surface area contributed by atoms with Crippen LogP contribution < -0.4 is 10.6 Å². The molecule has 124 valence electrons. The molecule has 1 aromatic heterocycles. The maximum absolute atomic E-state index is 12.1. The van der Waals surface area contributed by atoms with Crippen molar-refractivity contribution in [1.82, 2.24) is 15.5 Å². The summed E-state index contributed by atoms with van der Waals surface area (Å²) in [6.45, 7) is 4.52. The van der Waals surface area contributed by atoms with Crippen LogP contribution in [0.5, 0.6) is 0 Å². The van der Waals surface area contributed by atoms with Crippen LogP contribution in [0.25, 0.3) is 10.6 Å². The van der Waals surface area contributed by atoms with Gasteiger partial charge in [0.1, 0.15) is 5.01 Å². The van der Waals surface area contributed by atoms with Gasteiger partial charge in [-0.25, -0.2) is 0 Å². The van der Waals surface area contributed by atoms with Crippen molar-refractivity contribution in [2.24, 2.45) is 0 Å². The number of aliphatic hydroxyl groups is 1. The fourth-order valence-electron chi connectivity index (χ4n) is 2.60. The topological polar surface area (TPSA) is 87.1 Å². The minimum atomic E-state index is -0.462. The zero-order valence-electron chi connectivity index (χ0n) is 12.9. The van der Waals surface area contributed by atoms with Gasteiger partial charge in [0.25, 0.3) is 0 Å². The van der Waals surface area contributed by atoms with E-state index in [1.54, 1.807) is 0 Å². The number of nitrogens with one attached hydrogen (secondary N) is 2. The second-order valence-corrected chi connectivity index (χ2v) is 6.61. The standard InChI is InChI=1S/C15H18N4O2S.ClH/c1-8-3-9(2)5-10(4-8)14-18-19-15(22-14)17-13(21)12-6-11(20)7-16-12;/h3-5,11-12,16,20H,6-7H2,1-2H3,(H,17,19,21);1H. The Balaban J connectivity index is 0.00000192. The molecule has 3 rings (SSSR count). The van der Waals surface area contributed by atoms with Crippen LogP contribution in [0.2, 0.25) is 0 Å². The van der Waals surface area contributed by atoms with Crippen LogP contribution >= 0.6 is 23.7 Å². The molecule has 0 saturated carbocycles. The number of benzene rings is 1. The maximum Gasteiger partial charge on any atom is 0.243 e. The molecule has 1 aliphatic rings. The van der Waals surface area contributed by atoms with E-state index in [2.05, 4.69) is 26.9 Å². The van der Waals surface area contributed by atoms with Crippen LogP contribution in [0.3, 0.4) is 0 Å². The number of halogens is 1. The highest BCUT2D eigenvalue weighted by atomic mass is 35.5. The van der Waals surface area contributed by atoms with Gasteiger partial charge in [-0.3, -0.25) is 10.1 Å². The summed E-state index contributed by atoms with van der Waals surface area (Å²) in [5.41, 5.74) is 3.34. The fourth-order valence-corrected chi connectivity index (χ4v) is 3.33. The average molecular weight is 355 g/mol. The van der Waals surface area contributed by atoms with Crippen LogP contribution in [-0.4, -0.2) is 39.9 Å². The van der Waals surface area contributed by atoms with Gasteiger partial charge in [-0.2, -0.15) is 0 Å². The first-order valence-electron chi connectivity index (χ1n) is 7.16. The molecule has 2 unspecified atom stereocenters. The molecular formula is C15H19ClN4O2S. The first-order valence-corrected chi connectivity index (χ1v) is 7.97. The zero-order chi connectivity index (χ0) is 15.7. The summed E-state index contributed by atoms with van der Waals surface area (Å²) in [6.07, 6.45) is -0.0369. The molecule has 3 N–H and O–H groups in total. The quantitative estimate of drug-likeness (QED) is 0.783. The molecule has 2 atom stereocenters. The van der Waals surface area contributed by atoms with E-state index in [1.165, 1.54) is 22.5 Å². The number of amides is 1. The summed E-state index contributed by atoms with van der Waals surface area (Å²) in [4.78, 5) is 12.1. The molecule has 6 nitrogen and oxygen atoms in total. The highest BCUT2D eigenvalue weighted by molar-refractivity contribution is 7.18. The number of carbonyl (C=O) groups is 1. The summed E-state index contributed by atoms with van der Waals surface area (Å²) < 4.78 is 0. The zero-order valence-corrected chi connectivity index (χ0v) is 14.5. The van der Waals surface area contributed by atoms with E-state index in [0.29, 0.717) is 18.1 Å². The molecule has 0 spiro atoms. The molecule has 2 aromatic rings. The Morgan fingerprint density at radius 2 is 2.00 bits per heavy atom. The maximum atomic E-state index is 12.1. The Bertz CT molecular complexity index is 686. The Morgan fingerprint density at radius 3 is 2.61 bits per heavy atom. The molecule has 0 bridgehead atoms. The number of anilines is 1. The number of hydrogen-bond acceptors (Lipinski definition) is 6. The van der Waals surface area contributed by atoms with Crippen LogP contribution in [0.1, 0.15) is 17.5 Å². The predicted octanol–water partition coefficient (Wildman–Crippen LogP) is 1.91. The van der Waals surface area contributed by atoms with E-state index in [4.69, 9.17) is 0 Å². The molecule has 1 aliphatic heterocycles. The van der Waals surface area contributed by atoms with Gasteiger partial charge in [0.15, 0.2) is 0 Å². The molecule has 1 saturated heterocycles. The Hall–Kier alpha value is -1.54. The van der Waals surface area contributed by atoms with Crippen molar-refractivity contribution in [3.05, 3.63) is 29.3 Å². The van der Waals surface area contributed by atoms with E-state index < -0.39 is 6.10 Å². The van der Waals surface area contributed by atoms with Crippen LogP contribution in [-0.2, 0) is 4.79 Å². The summed E-state index contributed by atoms with van der Waals surface area (Å²) in [7, 11) is 0. The first kappa shape index (κ1) is 17.8. The largest absolute Gasteiger partial charge is 0.392 e. The van der Waals surface area contributed by atoms with E-state index in [-0.39, 0.29) is 24.4 Å². The highest BCUT2D eigenvalue weighted by Crippen LogP contribution is 2.28. The minimum Gasteiger partial charge on any atom is -0.392 e. The fraction of sp³-hybridized carbons (Fsp3) is 0.400. The number of β-amino-alcohol motifs (C(OH)–C–C–N with tert-alkyl or cyclic N) is 1. The number of aryl methyl sites for hydroxylation is 2. The summed E-state index contributed by atoms with van der Waals surface area (Å²) in [6, 6.07) is 5.83. The van der Waals surface area contributed by atoms with Crippen molar-refractivity contribution >= 4 is 34.8 Å². The van der Waals surface area contributed by atoms with Gasteiger partial charge in [0, 0.05) is 12.1 Å². The van der Waals surface area contributed by atoms with Crippen molar-refractivity contribution in [2.75, 3.05) is 11.9 Å². The summed E-state index contributed by atoms with van der Waals surface area (Å²) >= 11 is 1.35. The van der Waals surface area contributed by atoms with Gasteiger partial charge in [-0.15, -0.1) is 22.6 Å². The Kier molecular flexibility index (Phi) is 5.69. The lowest BCUT2D eigenvalue weighted by atomic mass is 10.1. The number of aromatic nitrogens is 2.